The van der Waals surface area contributed by atoms with E-state index in [4.69, 9.17) is 28.4 Å². The number of carbonyl (C=O) groups excluding carboxylic acids is 3. The van der Waals surface area contributed by atoms with Crippen molar-refractivity contribution in [3.8, 4) is 0 Å². The summed E-state index contributed by atoms with van der Waals surface area (Å²) in [5.41, 5.74) is 0. The van der Waals surface area contributed by atoms with E-state index in [2.05, 4.69) is 16.0 Å². The van der Waals surface area contributed by atoms with E-state index in [-0.39, 0.29) is 32.8 Å². The molecule has 0 bridgehead atoms. The number of aliphatic hydroxyl groups excluding tert-OH is 7. The maximum absolute atomic E-state index is 12.5. The fourth-order valence-electron chi connectivity index (χ4n) is 6.92. The summed E-state index contributed by atoms with van der Waals surface area (Å²) in [5.74, 6) is -4.87. The maximum atomic E-state index is 12.5. The van der Waals surface area contributed by atoms with E-state index < -0.39 is 141 Å². The molecule has 11 N–H and O–H groups in total. The lowest BCUT2D eigenvalue weighted by molar-refractivity contribution is -0.250. The van der Waals surface area contributed by atoms with Gasteiger partial charge in [0.15, 0.2) is 12.4 Å². The van der Waals surface area contributed by atoms with Crippen molar-refractivity contribution in [1.29, 1.82) is 0 Å². The van der Waals surface area contributed by atoms with Gasteiger partial charge in [-0.05, 0) is 6.42 Å². The van der Waals surface area contributed by atoms with E-state index >= 15 is 0 Å². The number of ether oxygens (including phenoxy) is 6. The molecular weight excluding hydrogens is 714 g/mol. The lowest BCUT2D eigenvalue weighted by atomic mass is 9.85. The summed E-state index contributed by atoms with van der Waals surface area (Å²) in [7, 11) is 0. The molecule has 53 heavy (non-hydrogen) atoms. The molecule has 3 rings (SSSR count). The van der Waals surface area contributed by atoms with Gasteiger partial charge in [0.05, 0.1) is 82.7 Å². The van der Waals surface area contributed by atoms with Crippen molar-refractivity contribution in [3.63, 3.8) is 0 Å². The van der Waals surface area contributed by atoms with Crippen LogP contribution in [0.2, 0.25) is 0 Å². The Balaban J connectivity index is 1.85. The Morgan fingerprint density at radius 1 is 0.604 bits per heavy atom. The number of hydrogen-bond donors (Lipinski definition) is 11. The predicted octanol–water partition coefficient (Wildman–Crippen LogP) is -5.67. The van der Waals surface area contributed by atoms with Crippen molar-refractivity contribution in [3.05, 3.63) is 0 Å². The van der Waals surface area contributed by atoms with Crippen molar-refractivity contribution >= 4 is 23.7 Å². The van der Waals surface area contributed by atoms with Crippen molar-refractivity contribution in [2.45, 2.75) is 120 Å². The van der Waals surface area contributed by atoms with Gasteiger partial charge in [-0.15, -0.1) is 0 Å². The van der Waals surface area contributed by atoms with Crippen LogP contribution in [0.15, 0.2) is 0 Å². The molecule has 0 spiro atoms. The summed E-state index contributed by atoms with van der Waals surface area (Å²) in [6, 6.07) is -3.49. The summed E-state index contributed by atoms with van der Waals surface area (Å²) >= 11 is 0. The Morgan fingerprint density at radius 2 is 1.08 bits per heavy atom. The van der Waals surface area contributed by atoms with Crippen LogP contribution in [0.1, 0.15) is 34.1 Å². The quantitative estimate of drug-likeness (QED) is 0.0619. The monoisotopic (exact) mass is 769 g/mol. The smallest absolute Gasteiger partial charge is 0.332 e. The molecule has 0 radical (unpaired) electrons. The van der Waals surface area contributed by atoms with Crippen molar-refractivity contribution in [1.82, 2.24) is 16.0 Å². The number of rotatable bonds is 18. The number of nitrogens with one attached hydrogen (secondary N) is 3. The van der Waals surface area contributed by atoms with E-state index in [1.165, 1.54) is 20.8 Å². The summed E-state index contributed by atoms with van der Waals surface area (Å²) in [6.45, 7) is 2.00. The minimum absolute atomic E-state index is 0.0124. The van der Waals surface area contributed by atoms with Crippen LogP contribution in [0.5, 0.6) is 0 Å². The van der Waals surface area contributed by atoms with Gasteiger partial charge in [-0.2, -0.15) is 0 Å². The number of aliphatic carboxylic acids is 1. The summed E-state index contributed by atoms with van der Waals surface area (Å²) in [5, 5.41) is 89.7. The first kappa shape index (κ1) is 44.8. The van der Waals surface area contributed by atoms with E-state index in [0.717, 1.165) is 0 Å². The third kappa shape index (κ3) is 11.7. The first-order chi connectivity index (χ1) is 25.1. The van der Waals surface area contributed by atoms with Crippen molar-refractivity contribution in [2.75, 3.05) is 46.2 Å². The molecule has 3 amide bonds. The number of hydrogen-bond acceptors (Lipinski definition) is 17. The van der Waals surface area contributed by atoms with Gasteiger partial charge in [-0.25, -0.2) is 4.79 Å². The lowest BCUT2D eigenvalue weighted by Crippen LogP contribution is -2.66. The fourth-order valence-corrected chi connectivity index (χ4v) is 6.92. The van der Waals surface area contributed by atoms with Crippen LogP contribution < -0.4 is 16.0 Å². The molecule has 306 valence electrons. The fraction of sp³-hybridized carbons (Fsp3) is 0.875. The molecule has 21 heteroatoms. The van der Waals surface area contributed by atoms with E-state index in [1.54, 1.807) is 6.92 Å². The Labute approximate surface area is 305 Å². The van der Waals surface area contributed by atoms with E-state index in [9.17, 15) is 60.0 Å². The van der Waals surface area contributed by atoms with Crippen LogP contribution in [-0.4, -0.2) is 196 Å². The SMILES string of the molecule is CCC(O[C@@H]1C(NC(C)=O)[C@H](COC[C@@H]2C(CO)O[C@@H](O)C(NC(C)=O)[C@H]2O)OC(CO)[C@H]1COC[C@@H]1OC(CO)[C@@H](O)[C@H](O)C1NC(C)=O)C(=O)O. The average molecular weight is 770 g/mol. The second kappa shape index (κ2) is 20.9. The Bertz CT molecular complexity index is 1200. The molecule has 7 unspecified atom stereocenters. The van der Waals surface area contributed by atoms with Gasteiger partial charge in [0.2, 0.25) is 17.7 Å². The highest BCUT2D eigenvalue weighted by atomic mass is 16.6. The predicted molar refractivity (Wildman–Crippen MR) is 175 cm³/mol. The van der Waals surface area contributed by atoms with Crippen LogP contribution in [0.4, 0.5) is 0 Å². The number of carboxylic acids is 1. The van der Waals surface area contributed by atoms with Gasteiger partial charge in [-0.1, -0.05) is 6.92 Å². The van der Waals surface area contributed by atoms with Gasteiger partial charge in [0.1, 0.15) is 36.6 Å². The lowest BCUT2D eigenvalue weighted by Gasteiger charge is -2.47. The van der Waals surface area contributed by atoms with Crippen LogP contribution in [0.3, 0.4) is 0 Å². The first-order valence-electron chi connectivity index (χ1n) is 17.4. The van der Waals surface area contributed by atoms with Crippen LogP contribution >= 0.6 is 0 Å². The van der Waals surface area contributed by atoms with Crippen LogP contribution in [-0.2, 0) is 47.6 Å². The second-order valence-corrected chi connectivity index (χ2v) is 13.4. The molecule has 3 aliphatic heterocycles. The molecular formula is C32H55N3O18. The Hall–Kier alpha value is -2.64. The molecule has 0 aromatic heterocycles. The molecule has 0 aromatic rings. The summed E-state index contributed by atoms with van der Waals surface area (Å²) < 4.78 is 35.2. The van der Waals surface area contributed by atoms with Gasteiger partial charge < -0.3 is 85.2 Å². The van der Waals surface area contributed by atoms with Crippen LogP contribution in [0.25, 0.3) is 0 Å². The third-order valence-electron chi connectivity index (χ3n) is 9.56. The highest BCUT2D eigenvalue weighted by Gasteiger charge is 2.50. The molecule has 0 saturated carbocycles. The van der Waals surface area contributed by atoms with Gasteiger partial charge in [-0.3, -0.25) is 14.4 Å². The van der Waals surface area contributed by atoms with E-state index in [0.29, 0.717) is 0 Å². The highest BCUT2D eigenvalue weighted by molar-refractivity contribution is 5.74. The zero-order valence-electron chi connectivity index (χ0n) is 30.1. The zero-order chi connectivity index (χ0) is 39.6. The molecule has 21 nitrogen and oxygen atoms in total. The van der Waals surface area contributed by atoms with Gasteiger partial charge in [0.25, 0.3) is 0 Å². The zero-order valence-corrected chi connectivity index (χ0v) is 30.1. The van der Waals surface area contributed by atoms with Crippen LogP contribution in [0, 0.1) is 11.8 Å². The largest absolute Gasteiger partial charge is 0.479 e. The average Bonchev–Trinajstić information content (AvgIpc) is 3.09. The molecule has 0 aliphatic carbocycles. The Morgan fingerprint density at radius 3 is 1.58 bits per heavy atom. The Kier molecular flexibility index (Phi) is 17.6. The van der Waals surface area contributed by atoms with Gasteiger partial charge >= 0.3 is 5.97 Å². The molecule has 3 aliphatic rings. The molecule has 3 fully saturated rings. The normalized spacial score (nSPS) is 38.1. The summed E-state index contributed by atoms with van der Waals surface area (Å²) in [4.78, 5) is 48.2. The van der Waals surface area contributed by atoms with E-state index in [1.807, 2.05) is 0 Å². The summed E-state index contributed by atoms with van der Waals surface area (Å²) in [6.07, 6.45) is -14.2. The third-order valence-corrected chi connectivity index (χ3v) is 9.56. The van der Waals surface area contributed by atoms with Crippen molar-refractivity contribution in [2.24, 2.45) is 11.8 Å². The van der Waals surface area contributed by atoms with Crippen molar-refractivity contribution < 1.29 is 88.5 Å². The first-order valence-corrected chi connectivity index (χ1v) is 17.4. The highest BCUT2D eigenvalue weighted by Crippen LogP contribution is 2.32. The number of aliphatic hydroxyl groups is 7. The molecule has 3 saturated heterocycles. The standard InChI is InChI=1S/C32H55N3O18/c1-5-18(31(45)46)52-30-17(10-49-11-22-24(33-13(2)39)29(44)28(43)21(8-38)51-22)20(7-37)50-23(25(30)34-14(3)40)12-48-9-16-19(6-36)53-32(47)26(27(16)42)35-15(4)41/h16-30,32,36-38,42-44,47H,5-12H2,1-4H3,(H,33,39)(H,34,40)(H,35,41)(H,45,46)/t16-,17-,18?,19?,20?,21?,22+,23+,24?,25?,26?,27+,28-,29-,30+,32-/m1/s1. The maximum Gasteiger partial charge on any atom is 0.332 e. The minimum atomic E-state index is -1.62. The minimum Gasteiger partial charge on any atom is -0.479 e. The molecule has 3 heterocycles. The van der Waals surface area contributed by atoms with Gasteiger partial charge in [0, 0.05) is 32.6 Å². The number of amides is 3. The molecule has 0 aromatic carbocycles. The molecule has 16 atom stereocenters. The number of carboxylic acid groups (broad SMARTS) is 1. The number of carbonyl (C=O) groups is 4. The second-order valence-electron chi connectivity index (χ2n) is 13.4. The topological polar surface area (TPSA) is 322 Å².